The second-order valence-corrected chi connectivity index (χ2v) is 12.0. The van der Waals surface area contributed by atoms with Crippen molar-refractivity contribution in [1.29, 1.82) is 0 Å². The van der Waals surface area contributed by atoms with E-state index >= 15 is 0 Å². The SMILES string of the molecule is O=S1(=O)CCC(CN2C[C@H]3CC(Nc4ccc(-c5cc(F)cc(F)c5F)nn4)C[C@H]3C2)CC1. The van der Waals surface area contributed by atoms with Gasteiger partial charge in [-0.2, -0.15) is 0 Å². The van der Waals surface area contributed by atoms with Crippen LogP contribution >= 0.6 is 0 Å². The lowest BCUT2D eigenvalue weighted by atomic mass is 10.0. The standard InChI is InChI=1S/C23H27F3N4O2S/c24-17-9-19(23(26)20(25)10-17)21-1-2-22(29-28-21)27-18-7-15-12-30(13-16(15)8-18)11-14-3-5-33(31,32)6-4-14/h1-2,9-10,14-16,18H,3-8,11-13H2,(H,27,29)/t15-,16+,18?. The number of sulfone groups is 1. The summed E-state index contributed by atoms with van der Waals surface area (Å²) in [6, 6.07) is 4.84. The molecule has 1 aliphatic carbocycles. The first kappa shape index (κ1) is 22.6. The summed E-state index contributed by atoms with van der Waals surface area (Å²) < 4.78 is 64.2. The molecule has 3 fully saturated rings. The largest absolute Gasteiger partial charge is 0.366 e. The number of hydrogen-bond acceptors (Lipinski definition) is 6. The van der Waals surface area contributed by atoms with Crippen molar-refractivity contribution in [2.24, 2.45) is 17.8 Å². The van der Waals surface area contributed by atoms with Crippen LogP contribution in [-0.2, 0) is 9.84 Å². The van der Waals surface area contributed by atoms with Crippen molar-refractivity contribution in [2.75, 3.05) is 36.5 Å². The van der Waals surface area contributed by atoms with Crippen molar-refractivity contribution in [3.05, 3.63) is 41.7 Å². The fourth-order valence-corrected chi connectivity index (χ4v) is 7.24. The van der Waals surface area contributed by atoms with E-state index in [2.05, 4.69) is 20.4 Å². The van der Waals surface area contributed by atoms with E-state index in [1.54, 1.807) is 6.07 Å². The number of likely N-dealkylation sites (tertiary alicyclic amines) is 1. The highest BCUT2D eigenvalue weighted by Crippen LogP contribution is 2.40. The van der Waals surface area contributed by atoms with Gasteiger partial charge < -0.3 is 10.2 Å². The highest BCUT2D eigenvalue weighted by Gasteiger charge is 2.41. The molecular formula is C23H27F3N4O2S. The molecule has 178 valence electrons. The first-order chi connectivity index (χ1) is 15.8. The van der Waals surface area contributed by atoms with Crippen LogP contribution in [0.25, 0.3) is 11.3 Å². The predicted molar refractivity (Wildman–Crippen MR) is 119 cm³/mol. The molecule has 1 saturated carbocycles. The van der Waals surface area contributed by atoms with Gasteiger partial charge in [-0.25, -0.2) is 21.6 Å². The number of halogens is 3. The van der Waals surface area contributed by atoms with Gasteiger partial charge in [-0.15, -0.1) is 10.2 Å². The molecule has 3 atom stereocenters. The number of nitrogens with zero attached hydrogens (tertiary/aromatic N) is 3. The van der Waals surface area contributed by atoms with Gasteiger partial charge in [-0.3, -0.25) is 0 Å². The highest BCUT2D eigenvalue weighted by molar-refractivity contribution is 7.91. The van der Waals surface area contributed by atoms with Crippen molar-refractivity contribution in [3.63, 3.8) is 0 Å². The van der Waals surface area contributed by atoms with E-state index in [9.17, 15) is 21.6 Å². The number of rotatable bonds is 5. The summed E-state index contributed by atoms with van der Waals surface area (Å²) in [5, 5.41) is 11.4. The molecule has 1 aromatic carbocycles. The minimum Gasteiger partial charge on any atom is -0.366 e. The first-order valence-corrected chi connectivity index (χ1v) is 13.3. The Morgan fingerprint density at radius 2 is 1.70 bits per heavy atom. The summed E-state index contributed by atoms with van der Waals surface area (Å²) >= 11 is 0. The minimum absolute atomic E-state index is 0.0749. The molecule has 1 N–H and O–H groups in total. The average molecular weight is 481 g/mol. The molecule has 1 unspecified atom stereocenters. The van der Waals surface area contributed by atoms with Crippen LogP contribution in [0.4, 0.5) is 19.0 Å². The van der Waals surface area contributed by atoms with E-state index in [0.717, 1.165) is 51.4 Å². The number of aromatic nitrogens is 2. The van der Waals surface area contributed by atoms with E-state index in [4.69, 9.17) is 0 Å². The van der Waals surface area contributed by atoms with Crippen molar-refractivity contribution in [1.82, 2.24) is 15.1 Å². The third kappa shape index (κ3) is 5.01. The Labute approximate surface area is 191 Å². The van der Waals surface area contributed by atoms with Crippen molar-refractivity contribution in [2.45, 2.75) is 31.7 Å². The average Bonchev–Trinajstić information content (AvgIpc) is 3.31. The summed E-state index contributed by atoms with van der Waals surface area (Å²) in [5.74, 6) is -0.377. The maximum Gasteiger partial charge on any atom is 0.168 e. The summed E-state index contributed by atoms with van der Waals surface area (Å²) in [6.45, 7) is 3.08. The maximum atomic E-state index is 14.0. The molecule has 0 amide bonds. The molecule has 1 aromatic heterocycles. The van der Waals surface area contributed by atoms with Gasteiger partial charge in [0.2, 0.25) is 0 Å². The number of nitrogens with one attached hydrogen (secondary N) is 1. The van der Waals surface area contributed by atoms with Crippen molar-refractivity contribution >= 4 is 15.7 Å². The first-order valence-electron chi connectivity index (χ1n) is 11.4. The van der Waals surface area contributed by atoms with Gasteiger partial charge in [0, 0.05) is 37.3 Å². The van der Waals surface area contributed by atoms with E-state index < -0.39 is 27.3 Å². The van der Waals surface area contributed by atoms with Crippen LogP contribution in [0.1, 0.15) is 25.7 Å². The third-order valence-corrected chi connectivity index (χ3v) is 9.02. The zero-order valence-electron chi connectivity index (χ0n) is 18.2. The van der Waals surface area contributed by atoms with Crippen LogP contribution < -0.4 is 5.32 Å². The minimum atomic E-state index is -2.82. The second-order valence-electron chi connectivity index (χ2n) is 9.70. The Morgan fingerprint density at radius 3 is 2.33 bits per heavy atom. The quantitative estimate of drug-likeness (QED) is 0.661. The lowest BCUT2D eigenvalue weighted by molar-refractivity contribution is 0.247. The highest BCUT2D eigenvalue weighted by atomic mass is 32.2. The monoisotopic (exact) mass is 480 g/mol. The van der Waals surface area contributed by atoms with Crippen LogP contribution in [0.3, 0.4) is 0 Å². The molecule has 10 heteroatoms. The molecule has 6 nitrogen and oxygen atoms in total. The van der Waals surface area contributed by atoms with E-state index in [1.807, 2.05) is 0 Å². The molecule has 0 bridgehead atoms. The van der Waals surface area contributed by atoms with Crippen LogP contribution in [0.2, 0.25) is 0 Å². The molecule has 0 radical (unpaired) electrons. The lowest BCUT2D eigenvalue weighted by Crippen LogP contribution is -2.34. The lowest BCUT2D eigenvalue weighted by Gasteiger charge is -2.27. The Kier molecular flexibility index (Phi) is 6.07. The molecule has 3 heterocycles. The fourth-order valence-electron chi connectivity index (χ4n) is 5.65. The van der Waals surface area contributed by atoms with Gasteiger partial charge >= 0.3 is 0 Å². The Bertz CT molecular complexity index is 1100. The van der Waals surface area contributed by atoms with Gasteiger partial charge in [0.25, 0.3) is 0 Å². The Balaban J connectivity index is 1.13. The maximum absolute atomic E-state index is 14.0. The number of anilines is 1. The molecule has 2 aliphatic heterocycles. The van der Waals surface area contributed by atoms with Crippen LogP contribution in [-0.4, -0.2) is 60.7 Å². The Hall–Kier alpha value is -2.20. The Morgan fingerprint density at radius 1 is 1.00 bits per heavy atom. The molecule has 0 spiro atoms. The van der Waals surface area contributed by atoms with Crippen molar-refractivity contribution < 1.29 is 21.6 Å². The summed E-state index contributed by atoms with van der Waals surface area (Å²) in [5.41, 5.74) is -0.177. The number of fused-ring (bicyclic) bond motifs is 1. The van der Waals surface area contributed by atoms with Crippen LogP contribution in [0.15, 0.2) is 24.3 Å². The van der Waals surface area contributed by atoms with Gasteiger partial charge in [-0.1, -0.05) is 0 Å². The van der Waals surface area contributed by atoms with Crippen LogP contribution in [0.5, 0.6) is 0 Å². The normalized spacial score (nSPS) is 27.5. The summed E-state index contributed by atoms with van der Waals surface area (Å²) in [6.07, 6.45) is 3.60. The summed E-state index contributed by atoms with van der Waals surface area (Å²) in [7, 11) is -2.82. The van der Waals surface area contributed by atoms with Gasteiger partial charge in [0.1, 0.15) is 21.5 Å². The predicted octanol–water partition coefficient (Wildman–Crippen LogP) is 3.51. The molecule has 33 heavy (non-hydrogen) atoms. The van der Waals surface area contributed by atoms with Crippen LogP contribution in [0, 0.1) is 35.2 Å². The second kappa shape index (κ2) is 8.87. The van der Waals surface area contributed by atoms with Gasteiger partial charge in [0.05, 0.1) is 17.2 Å². The fraction of sp³-hybridized carbons (Fsp3) is 0.565. The number of hydrogen-bond donors (Lipinski definition) is 1. The third-order valence-electron chi connectivity index (χ3n) is 7.30. The van der Waals surface area contributed by atoms with E-state index in [0.29, 0.717) is 41.1 Å². The van der Waals surface area contributed by atoms with Gasteiger partial charge in [-0.05, 0) is 61.6 Å². The molecule has 3 aliphatic rings. The molecule has 5 rings (SSSR count). The zero-order chi connectivity index (χ0) is 23.2. The van der Waals surface area contributed by atoms with E-state index in [-0.39, 0.29) is 17.3 Å². The zero-order valence-corrected chi connectivity index (χ0v) is 19.0. The topological polar surface area (TPSA) is 75.2 Å². The van der Waals surface area contributed by atoms with E-state index in [1.165, 1.54) is 6.07 Å². The summed E-state index contributed by atoms with van der Waals surface area (Å²) in [4.78, 5) is 2.50. The smallest absolute Gasteiger partial charge is 0.168 e. The molecule has 2 saturated heterocycles. The number of benzene rings is 1. The van der Waals surface area contributed by atoms with Crippen molar-refractivity contribution in [3.8, 4) is 11.3 Å². The molecule has 2 aromatic rings. The molecular weight excluding hydrogens is 453 g/mol. The van der Waals surface area contributed by atoms with Gasteiger partial charge in [0.15, 0.2) is 11.6 Å².